The van der Waals surface area contributed by atoms with Gasteiger partial charge in [0.25, 0.3) is 0 Å². The molecule has 0 fully saturated rings. The van der Waals surface area contributed by atoms with Crippen molar-refractivity contribution in [2.75, 3.05) is 10.6 Å². The maximum absolute atomic E-state index is 11.6. The predicted octanol–water partition coefficient (Wildman–Crippen LogP) is 3.95. The Bertz CT molecular complexity index is 535. The quantitative estimate of drug-likeness (QED) is 0.866. The van der Waals surface area contributed by atoms with Crippen LogP contribution in [0.1, 0.15) is 19.4 Å². The van der Waals surface area contributed by atoms with E-state index in [2.05, 4.69) is 27.5 Å². The highest BCUT2D eigenvalue weighted by Crippen LogP contribution is 2.17. The lowest BCUT2D eigenvalue weighted by Gasteiger charge is -2.10. The van der Waals surface area contributed by atoms with Gasteiger partial charge in [-0.2, -0.15) is 11.3 Å². The van der Waals surface area contributed by atoms with Crippen LogP contribution in [0.25, 0.3) is 0 Å². The minimum atomic E-state index is -0.0116. The molecular formula is C15H18N2OS. The molecule has 1 heterocycles. The molecule has 0 aliphatic carbocycles. The molecule has 2 N–H and O–H groups in total. The summed E-state index contributed by atoms with van der Waals surface area (Å²) >= 11 is 1.69. The number of hydrogen-bond donors (Lipinski definition) is 2. The van der Waals surface area contributed by atoms with Crippen molar-refractivity contribution in [3.8, 4) is 0 Å². The van der Waals surface area contributed by atoms with Gasteiger partial charge in [-0.1, -0.05) is 19.9 Å². The zero-order valence-corrected chi connectivity index (χ0v) is 12.0. The Labute approximate surface area is 117 Å². The van der Waals surface area contributed by atoms with Crippen LogP contribution in [0.4, 0.5) is 11.4 Å². The predicted molar refractivity (Wildman–Crippen MR) is 81.6 cm³/mol. The van der Waals surface area contributed by atoms with Crippen LogP contribution in [0.3, 0.4) is 0 Å². The highest BCUT2D eigenvalue weighted by molar-refractivity contribution is 7.07. The van der Waals surface area contributed by atoms with Crippen LogP contribution >= 0.6 is 11.3 Å². The molecule has 1 aromatic heterocycles. The third-order valence-corrected chi connectivity index (χ3v) is 3.46. The van der Waals surface area contributed by atoms with E-state index in [0.29, 0.717) is 0 Å². The molecule has 0 bridgehead atoms. The number of hydrogen-bond acceptors (Lipinski definition) is 3. The van der Waals surface area contributed by atoms with Crippen LogP contribution in [-0.4, -0.2) is 5.91 Å². The molecule has 0 spiro atoms. The minimum absolute atomic E-state index is 0.0116. The van der Waals surface area contributed by atoms with Gasteiger partial charge in [-0.25, -0.2) is 0 Å². The normalized spacial score (nSPS) is 10.5. The SMILES string of the molecule is CC(C)C(=O)Nc1cccc(NCc2ccsc2)c1. The van der Waals surface area contributed by atoms with Gasteiger partial charge >= 0.3 is 0 Å². The maximum atomic E-state index is 11.6. The lowest BCUT2D eigenvalue weighted by Crippen LogP contribution is -2.17. The first-order valence-corrected chi connectivity index (χ1v) is 7.25. The topological polar surface area (TPSA) is 41.1 Å². The molecular weight excluding hydrogens is 256 g/mol. The molecule has 2 rings (SSSR count). The van der Waals surface area contributed by atoms with Crippen molar-refractivity contribution in [2.24, 2.45) is 5.92 Å². The average molecular weight is 274 g/mol. The van der Waals surface area contributed by atoms with Crippen LogP contribution in [-0.2, 0) is 11.3 Å². The summed E-state index contributed by atoms with van der Waals surface area (Å²) in [4.78, 5) is 11.6. The number of anilines is 2. The van der Waals surface area contributed by atoms with E-state index in [-0.39, 0.29) is 11.8 Å². The Morgan fingerprint density at radius 2 is 2.05 bits per heavy atom. The molecule has 100 valence electrons. The van der Waals surface area contributed by atoms with Crippen molar-refractivity contribution in [3.63, 3.8) is 0 Å². The Balaban J connectivity index is 1.97. The van der Waals surface area contributed by atoms with Gasteiger partial charge in [-0.3, -0.25) is 4.79 Å². The minimum Gasteiger partial charge on any atom is -0.381 e. The molecule has 3 nitrogen and oxygen atoms in total. The lowest BCUT2D eigenvalue weighted by molar-refractivity contribution is -0.118. The van der Waals surface area contributed by atoms with Gasteiger partial charge in [0.05, 0.1) is 0 Å². The van der Waals surface area contributed by atoms with Crippen LogP contribution in [0, 0.1) is 5.92 Å². The summed E-state index contributed by atoms with van der Waals surface area (Å²) in [6.07, 6.45) is 0. The second kappa shape index (κ2) is 6.38. The summed E-state index contributed by atoms with van der Waals surface area (Å²) in [5.41, 5.74) is 3.10. The Hall–Kier alpha value is -1.81. The summed E-state index contributed by atoms with van der Waals surface area (Å²) in [5, 5.41) is 10.4. The van der Waals surface area contributed by atoms with E-state index >= 15 is 0 Å². The second-order valence-corrected chi connectivity index (χ2v) is 5.49. The average Bonchev–Trinajstić information content (AvgIpc) is 2.90. The van der Waals surface area contributed by atoms with Crippen LogP contribution in [0.2, 0.25) is 0 Å². The number of carbonyl (C=O) groups excluding carboxylic acids is 1. The van der Waals surface area contributed by atoms with Crippen molar-refractivity contribution < 1.29 is 4.79 Å². The monoisotopic (exact) mass is 274 g/mol. The van der Waals surface area contributed by atoms with Gasteiger partial charge in [0.15, 0.2) is 0 Å². The second-order valence-electron chi connectivity index (χ2n) is 4.71. The van der Waals surface area contributed by atoms with E-state index in [1.165, 1.54) is 5.56 Å². The van der Waals surface area contributed by atoms with E-state index < -0.39 is 0 Å². The molecule has 1 aromatic carbocycles. The van der Waals surface area contributed by atoms with Gasteiger partial charge < -0.3 is 10.6 Å². The fraction of sp³-hybridized carbons (Fsp3) is 0.267. The Morgan fingerprint density at radius 1 is 1.26 bits per heavy atom. The van der Waals surface area contributed by atoms with Crippen molar-refractivity contribution in [1.82, 2.24) is 0 Å². The van der Waals surface area contributed by atoms with E-state index in [4.69, 9.17) is 0 Å². The zero-order valence-electron chi connectivity index (χ0n) is 11.1. The van der Waals surface area contributed by atoms with Crippen LogP contribution in [0.5, 0.6) is 0 Å². The smallest absolute Gasteiger partial charge is 0.226 e. The molecule has 0 aliphatic heterocycles. The molecule has 19 heavy (non-hydrogen) atoms. The molecule has 0 unspecified atom stereocenters. The third-order valence-electron chi connectivity index (χ3n) is 2.73. The fourth-order valence-electron chi connectivity index (χ4n) is 1.59. The molecule has 2 aromatic rings. The van der Waals surface area contributed by atoms with Crippen molar-refractivity contribution >= 4 is 28.6 Å². The van der Waals surface area contributed by atoms with Crippen molar-refractivity contribution in [1.29, 1.82) is 0 Å². The highest BCUT2D eigenvalue weighted by atomic mass is 32.1. The molecule has 0 radical (unpaired) electrons. The highest BCUT2D eigenvalue weighted by Gasteiger charge is 2.07. The summed E-state index contributed by atoms with van der Waals surface area (Å²) in [6, 6.07) is 9.88. The summed E-state index contributed by atoms with van der Waals surface area (Å²) < 4.78 is 0. The first kappa shape index (κ1) is 13.6. The molecule has 0 aliphatic rings. The molecule has 0 saturated carbocycles. The van der Waals surface area contributed by atoms with Gasteiger partial charge in [0, 0.05) is 23.8 Å². The van der Waals surface area contributed by atoms with Crippen molar-refractivity contribution in [3.05, 3.63) is 46.7 Å². The van der Waals surface area contributed by atoms with Crippen LogP contribution < -0.4 is 10.6 Å². The summed E-state index contributed by atoms with van der Waals surface area (Å²) in [7, 11) is 0. The third kappa shape index (κ3) is 4.10. The zero-order chi connectivity index (χ0) is 13.7. The maximum Gasteiger partial charge on any atom is 0.226 e. The number of thiophene rings is 1. The lowest BCUT2D eigenvalue weighted by atomic mass is 10.2. The molecule has 1 amide bonds. The van der Waals surface area contributed by atoms with Crippen molar-refractivity contribution in [2.45, 2.75) is 20.4 Å². The Morgan fingerprint density at radius 3 is 2.74 bits per heavy atom. The number of carbonyl (C=O) groups is 1. The number of rotatable bonds is 5. The van der Waals surface area contributed by atoms with Crippen LogP contribution in [0.15, 0.2) is 41.1 Å². The van der Waals surface area contributed by atoms with Gasteiger partial charge in [-0.15, -0.1) is 0 Å². The fourth-order valence-corrected chi connectivity index (χ4v) is 2.26. The number of amides is 1. The molecule has 4 heteroatoms. The summed E-state index contributed by atoms with van der Waals surface area (Å²) in [5.74, 6) is 0.0254. The van der Waals surface area contributed by atoms with E-state index in [9.17, 15) is 4.79 Å². The van der Waals surface area contributed by atoms with E-state index in [1.807, 2.05) is 38.1 Å². The first-order chi connectivity index (χ1) is 9.15. The van der Waals surface area contributed by atoms with Gasteiger partial charge in [0.2, 0.25) is 5.91 Å². The number of nitrogens with one attached hydrogen (secondary N) is 2. The largest absolute Gasteiger partial charge is 0.381 e. The molecule has 0 atom stereocenters. The standard InChI is InChI=1S/C15H18N2OS/c1-11(2)15(18)17-14-5-3-4-13(8-14)16-9-12-6-7-19-10-12/h3-8,10-11,16H,9H2,1-2H3,(H,17,18). The van der Waals surface area contributed by atoms with E-state index in [0.717, 1.165) is 17.9 Å². The summed E-state index contributed by atoms with van der Waals surface area (Å²) in [6.45, 7) is 4.56. The van der Waals surface area contributed by atoms with E-state index in [1.54, 1.807) is 11.3 Å². The Kier molecular flexibility index (Phi) is 4.58. The first-order valence-electron chi connectivity index (χ1n) is 6.31. The number of benzene rings is 1. The van der Waals surface area contributed by atoms with Gasteiger partial charge in [-0.05, 0) is 40.6 Å². The van der Waals surface area contributed by atoms with Gasteiger partial charge in [0.1, 0.15) is 0 Å². The molecule has 0 saturated heterocycles.